The molecule has 0 radical (unpaired) electrons. The molecule has 1 heterocycles. The number of nitrogens with one attached hydrogen (secondary N) is 1. The summed E-state index contributed by atoms with van der Waals surface area (Å²) in [5, 5.41) is 14.1. The second-order valence-electron chi connectivity index (χ2n) is 4.59. The molecule has 0 aliphatic carbocycles. The van der Waals surface area contributed by atoms with Gasteiger partial charge in [0, 0.05) is 25.7 Å². The molecule has 8 heteroatoms. The van der Waals surface area contributed by atoms with Gasteiger partial charge in [-0.3, -0.25) is 10.1 Å². The number of nitro groups is 1. The summed E-state index contributed by atoms with van der Waals surface area (Å²) >= 11 is 0. The fourth-order valence-electron chi connectivity index (χ4n) is 2.18. The monoisotopic (exact) mass is 299 g/mol. The van der Waals surface area contributed by atoms with Crippen LogP contribution in [0.1, 0.15) is 12.8 Å². The molecule has 1 fully saturated rings. The van der Waals surface area contributed by atoms with Crippen LogP contribution in [0.25, 0.3) is 0 Å². The lowest BCUT2D eigenvalue weighted by Crippen LogP contribution is -2.40. The fourth-order valence-corrected chi connectivity index (χ4v) is 3.82. The van der Waals surface area contributed by atoms with Gasteiger partial charge in [0.2, 0.25) is 10.0 Å². The molecule has 20 heavy (non-hydrogen) atoms. The Morgan fingerprint density at radius 1 is 1.15 bits per heavy atom. The molecule has 1 aromatic carbocycles. The highest BCUT2D eigenvalue weighted by atomic mass is 32.2. The summed E-state index contributed by atoms with van der Waals surface area (Å²) in [7, 11) is -3.83. The van der Waals surface area contributed by atoms with E-state index in [1.165, 1.54) is 28.6 Å². The summed E-state index contributed by atoms with van der Waals surface area (Å²) in [4.78, 5) is 10.1. The zero-order valence-electron chi connectivity index (χ0n) is 11.0. The Morgan fingerprint density at radius 3 is 2.65 bits per heavy atom. The maximum Gasteiger partial charge on any atom is 0.289 e. The molecule has 1 aliphatic rings. The van der Waals surface area contributed by atoms with Crippen LogP contribution in [0, 0.1) is 10.1 Å². The first kappa shape index (κ1) is 14.9. The van der Waals surface area contributed by atoms with Crippen LogP contribution in [-0.4, -0.2) is 43.8 Å². The molecule has 7 nitrogen and oxygen atoms in total. The van der Waals surface area contributed by atoms with Gasteiger partial charge in [0.05, 0.1) is 4.92 Å². The molecule has 0 amide bonds. The molecule has 0 atom stereocenters. The van der Waals surface area contributed by atoms with E-state index in [9.17, 15) is 18.5 Å². The van der Waals surface area contributed by atoms with Crippen LogP contribution in [-0.2, 0) is 10.0 Å². The molecule has 1 aliphatic heterocycles. The van der Waals surface area contributed by atoms with Crippen LogP contribution in [0.15, 0.2) is 29.2 Å². The van der Waals surface area contributed by atoms with Crippen molar-refractivity contribution < 1.29 is 13.3 Å². The number of benzene rings is 1. The molecule has 0 unspecified atom stereocenters. The molecule has 0 aromatic heterocycles. The zero-order valence-corrected chi connectivity index (χ0v) is 11.8. The van der Waals surface area contributed by atoms with Crippen LogP contribution < -0.4 is 5.32 Å². The van der Waals surface area contributed by atoms with Gasteiger partial charge in [-0.05, 0) is 25.5 Å². The van der Waals surface area contributed by atoms with Crippen LogP contribution in [0.2, 0.25) is 0 Å². The third kappa shape index (κ3) is 3.14. The van der Waals surface area contributed by atoms with E-state index in [1.807, 2.05) is 0 Å². The summed E-state index contributed by atoms with van der Waals surface area (Å²) in [6.07, 6.45) is 1.63. The van der Waals surface area contributed by atoms with E-state index in [-0.39, 0.29) is 10.6 Å². The normalized spacial score (nSPS) is 18.2. The van der Waals surface area contributed by atoms with Crippen LogP contribution in [0.5, 0.6) is 0 Å². The highest BCUT2D eigenvalue weighted by Gasteiger charge is 2.31. The molecular weight excluding hydrogens is 282 g/mol. The molecule has 1 aromatic rings. The van der Waals surface area contributed by atoms with Crippen molar-refractivity contribution in [1.82, 2.24) is 9.62 Å². The van der Waals surface area contributed by atoms with Crippen LogP contribution in [0.4, 0.5) is 5.69 Å². The van der Waals surface area contributed by atoms with Gasteiger partial charge in [0.15, 0.2) is 4.90 Å². The molecule has 2 rings (SSSR count). The maximum atomic E-state index is 12.6. The van der Waals surface area contributed by atoms with Crippen molar-refractivity contribution >= 4 is 15.7 Å². The Bertz CT molecular complexity index is 580. The topological polar surface area (TPSA) is 92.5 Å². The molecule has 110 valence electrons. The Labute approximate surface area is 117 Å². The van der Waals surface area contributed by atoms with Gasteiger partial charge >= 0.3 is 0 Å². The van der Waals surface area contributed by atoms with Gasteiger partial charge in [-0.1, -0.05) is 12.1 Å². The van der Waals surface area contributed by atoms with Gasteiger partial charge < -0.3 is 5.32 Å². The largest absolute Gasteiger partial charge is 0.315 e. The summed E-state index contributed by atoms with van der Waals surface area (Å²) in [6, 6.07) is 5.48. The highest BCUT2D eigenvalue weighted by molar-refractivity contribution is 7.89. The predicted molar refractivity (Wildman–Crippen MR) is 74.0 cm³/mol. The number of hydrogen-bond acceptors (Lipinski definition) is 5. The lowest BCUT2D eigenvalue weighted by Gasteiger charge is -2.24. The molecule has 1 saturated heterocycles. The van der Waals surface area contributed by atoms with Crippen molar-refractivity contribution in [2.24, 2.45) is 0 Å². The summed E-state index contributed by atoms with van der Waals surface area (Å²) in [5.41, 5.74) is -0.373. The highest BCUT2D eigenvalue weighted by Crippen LogP contribution is 2.26. The molecule has 0 spiro atoms. The van der Waals surface area contributed by atoms with Gasteiger partial charge in [0.1, 0.15) is 0 Å². The summed E-state index contributed by atoms with van der Waals surface area (Å²) < 4.78 is 26.5. The smallest absolute Gasteiger partial charge is 0.289 e. The van der Waals surface area contributed by atoms with E-state index in [0.29, 0.717) is 19.6 Å². The van der Waals surface area contributed by atoms with E-state index in [4.69, 9.17) is 0 Å². The van der Waals surface area contributed by atoms with Crippen molar-refractivity contribution in [1.29, 1.82) is 0 Å². The first-order chi connectivity index (χ1) is 9.53. The number of nitro benzene ring substituents is 1. The average Bonchev–Trinajstić information content (AvgIpc) is 2.37. The third-order valence-electron chi connectivity index (χ3n) is 3.23. The lowest BCUT2D eigenvalue weighted by molar-refractivity contribution is -0.387. The summed E-state index contributed by atoms with van der Waals surface area (Å²) in [6.45, 7) is 2.16. The Kier molecular flexibility index (Phi) is 4.69. The summed E-state index contributed by atoms with van der Waals surface area (Å²) in [5.74, 6) is 0. The van der Waals surface area contributed by atoms with Gasteiger partial charge in [0.25, 0.3) is 5.69 Å². The first-order valence-corrected chi connectivity index (χ1v) is 7.92. The number of sulfonamides is 1. The molecule has 0 bridgehead atoms. The van der Waals surface area contributed by atoms with E-state index >= 15 is 0 Å². The maximum absolute atomic E-state index is 12.6. The quantitative estimate of drug-likeness (QED) is 0.663. The van der Waals surface area contributed by atoms with E-state index < -0.39 is 14.9 Å². The second kappa shape index (κ2) is 6.29. The minimum Gasteiger partial charge on any atom is -0.315 e. The average molecular weight is 299 g/mol. The van der Waals surface area contributed by atoms with Crippen molar-refractivity contribution in [3.8, 4) is 0 Å². The van der Waals surface area contributed by atoms with Crippen molar-refractivity contribution in [2.75, 3.05) is 26.2 Å². The van der Waals surface area contributed by atoms with Crippen molar-refractivity contribution in [2.45, 2.75) is 17.7 Å². The van der Waals surface area contributed by atoms with Gasteiger partial charge in [-0.25, -0.2) is 8.42 Å². The van der Waals surface area contributed by atoms with E-state index in [2.05, 4.69) is 5.32 Å². The SMILES string of the molecule is O=[N+]([O-])c1ccccc1S(=O)(=O)N1CCCCNCC1. The fraction of sp³-hybridized carbons (Fsp3) is 0.500. The Hall–Kier alpha value is -1.51. The first-order valence-electron chi connectivity index (χ1n) is 6.48. The minimum atomic E-state index is -3.83. The van der Waals surface area contributed by atoms with Crippen LogP contribution in [0.3, 0.4) is 0 Å². The standard InChI is InChI=1S/C12H17N3O4S/c16-15(17)11-5-1-2-6-12(11)20(18,19)14-9-4-3-7-13-8-10-14/h1-2,5-6,13H,3-4,7-10H2. The second-order valence-corrected chi connectivity index (χ2v) is 6.49. The molecule has 0 saturated carbocycles. The number of para-hydroxylation sites is 1. The van der Waals surface area contributed by atoms with Crippen LogP contribution >= 0.6 is 0 Å². The number of hydrogen-bond donors (Lipinski definition) is 1. The molecule has 1 N–H and O–H groups in total. The van der Waals surface area contributed by atoms with E-state index in [0.717, 1.165) is 19.4 Å². The van der Waals surface area contributed by atoms with E-state index in [1.54, 1.807) is 0 Å². The molecular formula is C12H17N3O4S. The minimum absolute atomic E-state index is 0.231. The third-order valence-corrected chi connectivity index (χ3v) is 5.17. The van der Waals surface area contributed by atoms with Gasteiger partial charge in [-0.2, -0.15) is 4.31 Å². The van der Waals surface area contributed by atoms with Gasteiger partial charge in [-0.15, -0.1) is 0 Å². The Balaban J connectivity index is 2.36. The number of rotatable bonds is 3. The Morgan fingerprint density at radius 2 is 1.90 bits per heavy atom. The lowest BCUT2D eigenvalue weighted by atomic mass is 10.3. The predicted octanol–water partition coefficient (Wildman–Crippen LogP) is 0.969. The van der Waals surface area contributed by atoms with Crippen molar-refractivity contribution in [3.05, 3.63) is 34.4 Å². The number of nitrogens with zero attached hydrogens (tertiary/aromatic N) is 2. The zero-order chi connectivity index (χ0) is 14.6. The van der Waals surface area contributed by atoms with Crippen molar-refractivity contribution in [3.63, 3.8) is 0 Å².